The fourth-order valence-electron chi connectivity index (χ4n) is 2.42. The van der Waals surface area contributed by atoms with Crippen molar-refractivity contribution in [2.24, 2.45) is 11.5 Å². The van der Waals surface area contributed by atoms with Gasteiger partial charge in [0.2, 0.25) is 0 Å². The van der Waals surface area contributed by atoms with Crippen molar-refractivity contribution in [3.8, 4) is 16.9 Å². The van der Waals surface area contributed by atoms with Gasteiger partial charge in [-0.05, 0) is 18.1 Å². The Bertz CT molecular complexity index is 612. The summed E-state index contributed by atoms with van der Waals surface area (Å²) in [5, 5.41) is 0. The lowest BCUT2D eigenvalue weighted by Gasteiger charge is -2.29. The summed E-state index contributed by atoms with van der Waals surface area (Å²) in [6, 6.07) is 5.72. The van der Waals surface area contributed by atoms with Crippen LogP contribution in [0.25, 0.3) is 11.1 Å². The van der Waals surface area contributed by atoms with E-state index in [4.69, 9.17) is 16.2 Å². The van der Waals surface area contributed by atoms with Gasteiger partial charge in [0.25, 0.3) is 0 Å². The molecular weight excluding hydrogens is 252 g/mol. The number of hydrogen-bond acceptors (Lipinski definition) is 5. The maximum Gasteiger partial charge on any atom is 0.163 e. The lowest BCUT2D eigenvalue weighted by atomic mass is 9.93. The Kier molecular flexibility index (Phi) is 3.38. The molecule has 1 aliphatic heterocycles. The first-order valence-corrected chi connectivity index (χ1v) is 6.80. The van der Waals surface area contributed by atoms with E-state index in [1.54, 1.807) is 0 Å². The third-order valence-corrected chi connectivity index (χ3v) is 3.59. The number of aryl methyl sites for hydroxylation is 1. The van der Waals surface area contributed by atoms with Gasteiger partial charge >= 0.3 is 0 Å². The zero-order valence-electron chi connectivity index (χ0n) is 11.4. The van der Waals surface area contributed by atoms with Gasteiger partial charge < -0.3 is 10.5 Å². The maximum atomic E-state index is 6.00. The highest BCUT2D eigenvalue weighted by Crippen LogP contribution is 2.34. The molecule has 2 aromatic rings. The van der Waals surface area contributed by atoms with Gasteiger partial charge in [0, 0.05) is 29.9 Å². The summed E-state index contributed by atoms with van der Waals surface area (Å²) in [6.07, 6.45) is 4.78. The number of ether oxygens (including phenoxy) is 1. The molecule has 4 N–H and O–H groups in total. The van der Waals surface area contributed by atoms with Crippen molar-refractivity contribution in [3.63, 3.8) is 0 Å². The highest BCUT2D eigenvalue weighted by molar-refractivity contribution is 5.69. The van der Waals surface area contributed by atoms with Crippen LogP contribution in [0.1, 0.15) is 18.3 Å². The van der Waals surface area contributed by atoms with Crippen LogP contribution in [0, 0.1) is 0 Å². The van der Waals surface area contributed by atoms with E-state index in [0.717, 1.165) is 34.7 Å². The molecule has 0 aliphatic carbocycles. The molecule has 1 unspecified atom stereocenters. The normalized spacial score (nSPS) is 21.1. The van der Waals surface area contributed by atoms with Gasteiger partial charge in [0.15, 0.2) is 6.23 Å². The predicted molar refractivity (Wildman–Crippen MR) is 77.1 cm³/mol. The molecule has 0 fully saturated rings. The Morgan fingerprint density at radius 3 is 2.70 bits per heavy atom. The molecule has 20 heavy (non-hydrogen) atoms. The average molecular weight is 270 g/mol. The van der Waals surface area contributed by atoms with Crippen LogP contribution in [0.2, 0.25) is 0 Å². The zero-order valence-corrected chi connectivity index (χ0v) is 11.4. The topological polar surface area (TPSA) is 87.0 Å². The minimum Gasteiger partial charge on any atom is -0.474 e. The lowest BCUT2D eigenvalue weighted by Crippen LogP contribution is -2.49. The van der Waals surface area contributed by atoms with Crippen molar-refractivity contribution in [2.75, 3.05) is 0 Å². The maximum absolute atomic E-state index is 6.00. The van der Waals surface area contributed by atoms with E-state index in [2.05, 4.69) is 9.97 Å². The van der Waals surface area contributed by atoms with Crippen LogP contribution in [0.4, 0.5) is 0 Å². The van der Waals surface area contributed by atoms with E-state index in [1.165, 1.54) is 0 Å². The fourth-order valence-corrected chi connectivity index (χ4v) is 2.42. The van der Waals surface area contributed by atoms with E-state index >= 15 is 0 Å². The smallest absolute Gasteiger partial charge is 0.163 e. The van der Waals surface area contributed by atoms with Gasteiger partial charge in [0.1, 0.15) is 11.6 Å². The SMILES string of the molecule is CCc1ncc(-c2cccc3c2C[C@H](N)C(N)O3)cn1. The molecule has 5 heteroatoms. The lowest BCUT2D eigenvalue weighted by molar-refractivity contribution is 0.158. The summed E-state index contributed by atoms with van der Waals surface area (Å²) in [7, 11) is 0. The van der Waals surface area contributed by atoms with Gasteiger partial charge in [0.05, 0.1) is 6.04 Å². The summed E-state index contributed by atoms with van der Waals surface area (Å²) in [5.41, 5.74) is 15.0. The van der Waals surface area contributed by atoms with Crippen molar-refractivity contribution in [3.05, 3.63) is 42.0 Å². The molecule has 3 rings (SSSR count). The first kappa shape index (κ1) is 13.0. The van der Waals surface area contributed by atoms with E-state index < -0.39 is 6.23 Å². The Labute approximate surface area is 118 Å². The summed E-state index contributed by atoms with van der Waals surface area (Å²) >= 11 is 0. The van der Waals surface area contributed by atoms with E-state index in [9.17, 15) is 0 Å². The molecule has 0 spiro atoms. The summed E-state index contributed by atoms with van der Waals surface area (Å²) in [5.74, 6) is 1.64. The predicted octanol–water partition coefficient (Wildman–Crippen LogP) is 1.25. The summed E-state index contributed by atoms with van der Waals surface area (Å²) < 4.78 is 5.66. The van der Waals surface area contributed by atoms with Crippen molar-refractivity contribution in [2.45, 2.75) is 32.0 Å². The number of nitrogens with two attached hydrogens (primary N) is 2. The van der Waals surface area contributed by atoms with Crippen molar-refractivity contribution in [1.82, 2.24) is 9.97 Å². The first-order chi connectivity index (χ1) is 9.69. The minimum absolute atomic E-state index is 0.195. The number of aromatic nitrogens is 2. The average Bonchev–Trinajstić information content (AvgIpc) is 2.48. The highest BCUT2D eigenvalue weighted by Gasteiger charge is 2.26. The standard InChI is InChI=1S/C15H18N4O/c1-2-14-18-7-9(8-19-14)10-4-3-5-13-11(10)6-12(16)15(17)20-13/h3-5,7-8,12,15H,2,6,16-17H2,1H3/t12-,15?/m0/s1. The van der Waals surface area contributed by atoms with Crippen LogP contribution in [-0.2, 0) is 12.8 Å². The molecule has 0 saturated carbocycles. The molecule has 104 valence electrons. The second-order valence-electron chi connectivity index (χ2n) is 4.97. The van der Waals surface area contributed by atoms with Gasteiger partial charge in [-0.25, -0.2) is 9.97 Å². The number of hydrogen-bond donors (Lipinski definition) is 2. The Morgan fingerprint density at radius 2 is 2.00 bits per heavy atom. The molecule has 1 aromatic heterocycles. The number of nitrogens with zero attached hydrogens (tertiary/aromatic N) is 2. The second kappa shape index (κ2) is 5.19. The van der Waals surface area contributed by atoms with Crippen LogP contribution in [0.5, 0.6) is 5.75 Å². The Hall–Kier alpha value is -1.98. The molecule has 1 aromatic carbocycles. The summed E-state index contributed by atoms with van der Waals surface area (Å²) in [6.45, 7) is 2.04. The molecule has 1 aliphatic rings. The third kappa shape index (κ3) is 2.26. The first-order valence-electron chi connectivity index (χ1n) is 6.80. The molecular formula is C15H18N4O. The molecule has 0 bridgehead atoms. The number of rotatable bonds is 2. The van der Waals surface area contributed by atoms with Gasteiger partial charge in [-0.15, -0.1) is 0 Å². The molecule has 0 radical (unpaired) electrons. The Balaban J connectivity index is 2.04. The molecule has 5 nitrogen and oxygen atoms in total. The fraction of sp³-hybridized carbons (Fsp3) is 0.333. The van der Waals surface area contributed by atoms with E-state index in [1.807, 2.05) is 37.5 Å². The van der Waals surface area contributed by atoms with E-state index in [-0.39, 0.29) is 6.04 Å². The van der Waals surface area contributed by atoms with Crippen LogP contribution >= 0.6 is 0 Å². The van der Waals surface area contributed by atoms with Crippen LogP contribution in [0.3, 0.4) is 0 Å². The zero-order chi connectivity index (χ0) is 14.1. The molecule has 0 amide bonds. The second-order valence-corrected chi connectivity index (χ2v) is 4.97. The van der Waals surface area contributed by atoms with Crippen LogP contribution in [-0.4, -0.2) is 22.2 Å². The molecule has 2 atom stereocenters. The largest absolute Gasteiger partial charge is 0.474 e. The van der Waals surface area contributed by atoms with Crippen molar-refractivity contribution >= 4 is 0 Å². The summed E-state index contributed by atoms with van der Waals surface area (Å²) in [4.78, 5) is 8.70. The number of fused-ring (bicyclic) bond motifs is 1. The third-order valence-electron chi connectivity index (χ3n) is 3.59. The van der Waals surface area contributed by atoms with Gasteiger partial charge in [-0.2, -0.15) is 0 Å². The highest BCUT2D eigenvalue weighted by atomic mass is 16.5. The van der Waals surface area contributed by atoms with Crippen molar-refractivity contribution < 1.29 is 4.74 Å². The Morgan fingerprint density at radius 1 is 1.25 bits per heavy atom. The van der Waals surface area contributed by atoms with Crippen LogP contribution < -0.4 is 16.2 Å². The quantitative estimate of drug-likeness (QED) is 0.857. The molecule has 2 heterocycles. The molecule has 0 saturated heterocycles. The monoisotopic (exact) mass is 270 g/mol. The van der Waals surface area contributed by atoms with Crippen LogP contribution in [0.15, 0.2) is 30.6 Å². The van der Waals surface area contributed by atoms with Crippen molar-refractivity contribution in [1.29, 1.82) is 0 Å². The number of benzene rings is 1. The van der Waals surface area contributed by atoms with E-state index in [0.29, 0.717) is 6.42 Å². The van der Waals surface area contributed by atoms with Gasteiger partial charge in [-0.3, -0.25) is 5.73 Å². The van der Waals surface area contributed by atoms with Gasteiger partial charge in [-0.1, -0.05) is 19.1 Å². The minimum atomic E-state index is -0.448.